The van der Waals surface area contributed by atoms with Gasteiger partial charge in [-0.25, -0.2) is 0 Å². The summed E-state index contributed by atoms with van der Waals surface area (Å²) in [6, 6.07) is 0. The molecule has 0 heterocycles. The van der Waals surface area contributed by atoms with Gasteiger partial charge < -0.3 is 35.5 Å². The third-order valence-corrected chi connectivity index (χ3v) is 6.40. The van der Waals surface area contributed by atoms with Crippen molar-refractivity contribution in [2.24, 2.45) is 0 Å². The summed E-state index contributed by atoms with van der Waals surface area (Å²) in [6.07, 6.45) is 8.46. The quantitative estimate of drug-likeness (QED) is 0.121. The van der Waals surface area contributed by atoms with Crippen LogP contribution in [0.3, 0.4) is 0 Å². The van der Waals surface area contributed by atoms with Crippen LogP contribution in [0.4, 0.5) is 0 Å². The van der Waals surface area contributed by atoms with Gasteiger partial charge in [-0.3, -0.25) is 4.79 Å². The summed E-state index contributed by atoms with van der Waals surface area (Å²) in [6.45, 7) is 3.59. The monoisotopic (exact) mass is 491 g/mol. The van der Waals surface area contributed by atoms with E-state index in [9.17, 15) is 30.3 Å². The molecule has 0 saturated heterocycles. The third kappa shape index (κ3) is 16.0. The molecule has 8 nitrogen and oxygen atoms in total. The van der Waals surface area contributed by atoms with Crippen molar-refractivity contribution in [3.8, 4) is 0 Å². The van der Waals surface area contributed by atoms with Gasteiger partial charge in [0.25, 0.3) is 0 Å². The number of hydrogen-bond acceptors (Lipinski definition) is 7. The average Bonchev–Trinajstić information content (AvgIpc) is 2.83. The highest BCUT2D eigenvalue weighted by Gasteiger charge is 2.31. The second-order valence-corrected chi connectivity index (χ2v) is 9.65. The summed E-state index contributed by atoms with van der Waals surface area (Å²) >= 11 is 0. The molecule has 0 bridgehead atoms. The SMILES string of the molecule is CCCCCCCCCCCCC(O)CCCC(=O)N(CCC)CC(O)C(O)C(O)C(O)CO. The van der Waals surface area contributed by atoms with Crippen LogP contribution in [-0.4, -0.2) is 91.7 Å². The van der Waals surface area contributed by atoms with Crippen LogP contribution in [-0.2, 0) is 4.79 Å². The summed E-state index contributed by atoms with van der Waals surface area (Å²) in [4.78, 5) is 14.0. The zero-order valence-corrected chi connectivity index (χ0v) is 21.7. The van der Waals surface area contributed by atoms with Crippen LogP contribution in [0.15, 0.2) is 0 Å². The molecule has 5 unspecified atom stereocenters. The topological polar surface area (TPSA) is 142 Å². The van der Waals surface area contributed by atoms with E-state index in [1.807, 2.05) is 6.92 Å². The lowest BCUT2D eigenvalue weighted by atomic mass is 10.0. The maximum Gasteiger partial charge on any atom is 0.222 e. The van der Waals surface area contributed by atoms with E-state index in [2.05, 4.69) is 6.92 Å². The summed E-state index contributed by atoms with van der Waals surface area (Å²) < 4.78 is 0. The fourth-order valence-electron chi connectivity index (χ4n) is 4.14. The maximum atomic E-state index is 12.6. The van der Waals surface area contributed by atoms with Crippen molar-refractivity contribution in [2.75, 3.05) is 19.7 Å². The van der Waals surface area contributed by atoms with Crippen LogP contribution in [0.1, 0.15) is 110 Å². The number of hydrogen-bond donors (Lipinski definition) is 6. The number of rotatable bonds is 23. The Morgan fingerprint density at radius 3 is 1.71 bits per heavy atom. The predicted molar refractivity (Wildman–Crippen MR) is 134 cm³/mol. The molecule has 0 aliphatic heterocycles. The zero-order chi connectivity index (χ0) is 25.8. The Morgan fingerprint density at radius 1 is 0.676 bits per heavy atom. The highest BCUT2D eigenvalue weighted by Crippen LogP contribution is 2.15. The normalized spacial score (nSPS) is 16.1. The molecule has 0 spiro atoms. The van der Waals surface area contributed by atoms with E-state index in [0.717, 1.165) is 19.3 Å². The summed E-state index contributed by atoms with van der Waals surface area (Å²) in [5.41, 5.74) is 0. The van der Waals surface area contributed by atoms with Gasteiger partial charge in [-0.1, -0.05) is 78.1 Å². The average molecular weight is 492 g/mol. The lowest BCUT2D eigenvalue weighted by Gasteiger charge is -2.30. The fourth-order valence-corrected chi connectivity index (χ4v) is 4.14. The maximum absolute atomic E-state index is 12.6. The van der Waals surface area contributed by atoms with Gasteiger partial charge in [-0.05, 0) is 25.7 Å². The second-order valence-electron chi connectivity index (χ2n) is 9.65. The van der Waals surface area contributed by atoms with Crippen molar-refractivity contribution in [1.29, 1.82) is 0 Å². The predicted octanol–water partition coefficient (Wildman–Crippen LogP) is 2.50. The van der Waals surface area contributed by atoms with Crippen LogP contribution in [0.5, 0.6) is 0 Å². The first kappa shape index (κ1) is 33.2. The Morgan fingerprint density at radius 2 is 1.18 bits per heavy atom. The van der Waals surface area contributed by atoms with E-state index in [1.54, 1.807) is 0 Å². The molecular formula is C26H53NO7. The molecular weight excluding hydrogens is 438 g/mol. The number of nitrogens with zero attached hydrogens (tertiary/aromatic N) is 1. The number of carbonyl (C=O) groups is 1. The van der Waals surface area contributed by atoms with Crippen molar-refractivity contribution >= 4 is 5.91 Å². The van der Waals surface area contributed by atoms with Crippen LogP contribution >= 0.6 is 0 Å². The first-order valence-corrected chi connectivity index (χ1v) is 13.6. The van der Waals surface area contributed by atoms with Gasteiger partial charge in [0.15, 0.2) is 0 Å². The molecule has 6 N–H and O–H groups in total. The molecule has 0 aromatic carbocycles. The molecule has 0 aromatic rings. The molecule has 0 radical (unpaired) electrons. The van der Waals surface area contributed by atoms with E-state index in [0.29, 0.717) is 25.8 Å². The molecule has 0 aliphatic rings. The van der Waals surface area contributed by atoms with Gasteiger partial charge in [0.05, 0.1) is 12.7 Å². The number of carbonyl (C=O) groups excluding carboxylic acids is 1. The van der Waals surface area contributed by atoms with Gasteiger partial charge in [0.1, 0.15) is 24.4 Å². The molecule has 34 heavy (non-hydrogen) atoms. The Kier molecular flexibility index (Phi) is 21.0. The molecule has 1 amide bonds. The van der Waals surface area contributed by atoms with Gasteiger partial charge in [0, 0.05) is 19.5 Å². The fraction of sp³-hybridized carbons (Fsp3) is 0.962. The first-order chi connectivity index (χ1) is 16.3. The summed E-state index contributed by atoms with van der Waals surface area (Å²) in [5, 5.41) is 58.5. The Labute approximate surface area is 207 Å². The molecule has 8 heteroatoms. The molecule has 0 aliphatic carbocycles. The molecule has 0 fully saturated rings. The number of aliphatic hydroxyl groups is 6. The Hall–Kier alpha value is -0.770. The summed E-state index contributed by atoms with van der Waals surface area (Å²) in [7, 11) is 0. The minimum absolute atomic E-state index is 0.176. The molecule has 0 saturated carbocycles. The van der Waals surface area contributed by atoms with E-state index in [-0.39, 0.29) is 18.9 Å². The van der Waals surface area contributed by atoms with Crippen molar-refractivity contribution in [3.05, 3.63) is 0 Å². The Bertz CT molecular complexity index is 480. The van der Waals surface area contributed by atoms with Crippen LogP contribution in [0.25, 0.3) is 0 Å². The molecule has 0 rings (SSSR count). The van der Waals surface area contributed by atoms with Gasteiger partial charge in [-0.15, -0.1) is 0 Å². The van der Waals surface area contributed by atoms with Crippen molar-refractivity contribution in [2.45, 2.75) is 141 Å². The van der Waals surface area contributed by atoms with Crippen molar-refractivity contribution in [1.82, 2.24) is 4.90 Å². The van der Waals surface area contributed by atoms with E-state index in [4.69, 9.17) is 5.11 Å². The molecule has 5 atom stereocenters. The minimum Gasteiger partial charge on any atom is -0.394 e. The largest absolute Gasteiger partial charge is 0.394 e. The number of amides is 1. The van der Waals surface area contributed by atoms with Crippen molar-refractivity contribution in [3.63, 3.8) is 0 Å². The lowest BCUT2D eigenvalue weighted by Crippen LogP contribution is -2.50. The van der Waals surface area contributed by atoms with Crippen LogP contribution in [0, 0.1) is 0 Å². The molecule has 0 aromatic heterocycles. The highest BCUT2D eigenvalue weighted by molar-refractivity contribution is 5.76. The number of aliphatic hydroxyl groups excluding tert-OH is 6. The molecule has 204 valence electrons. The first-order valence-electron chi connectivity index (χ1n) is 13.6. The number of unbranched alkanes of at least 4 members (excludes halogenated alkanes) is 9. The van der Waals surface area contributed by atoms with E-state index < -0.39 is 37.1 Å². The standard InChI is InChI=1S/C26H53NO7/c1-3-5-6-7-8-9-10-11-12-13-15-21(29)16-14-17-24(32)27(18-4-2)19-22(30)25(33)26(34)23(31)20-28/h21-23,25-26,28-31,33-34H,3-20H2,1-2H3. The van der Waals surface area contributed by atoms with Gasteiger partial charge >= 0.3 is 0 Å². The Balaban J connectivity index is 4.08. The minimum atomic E-state index is -1.71. The van der Waals surface area contributed by atoms with Gasteiger partial charge in [0.2, 0.25) is 5.91 Å². The van der Waals surface area contributed by atoms with Crippen LogP contribution in [0.2, 0.25) is 0 Å². The highest BCUT2D eigenvalue weighted by atomic mass is 16.4. The zero-order valence-electron chi connectivity index (χ0n) is 21.7. The third-order valence-electron chi connectivity index (χ3n) is 6.40. The van der Waals surface area contributed by atoms with Crippen LogP contribution < -0.4 is 0 Å². The van der Waals surface area contributed by atoms with E-state index in [1.165, 1.54) is 56.3 Å². The lowest BCUT2D eigenvalue weighted by molar-refractivity contribution is -0.140. The van der Waals surface area contributed by atoms with Gasteiger partial charge in [-0.2, -0.15) is 0 Å². The van der Waals surface area contributed by atoms with Crippen molar-refractivity contribution < 1.29 is 35.4 Å². The smallest absolute Gasteiger partial charge is 0.222 e. The summed E-state index contributed by atoms with van der Waals surface area (Å²) in [5.74, 6) is -0.184. The van der Waals surface area contributed by atoms with E-state index >= 15 is 0 Å². The second kappa shape index (κ2) is 21.5.